The first kappa shape index (κ1) is 12.4. The van der Waals surface area contributed by atoms with Crippen molar-refractivity contribution in [2.45, 2.75) is 58.8 Å². The maximum absolute atomic E-state index is 2.73. The van der Waals surface area contributed by atoms with Crippen LogP contribution < -0.4 is 0 Å². The lowest BCUT2D eigenvalue weighted by molar-refractivity contribution is 0.192. The lowest BCUT2D eigenvalue weighted by Gasteiger charge is -2.29. The molecule has 1 aliphatic carbocycles. The highest BCUT2D eigenvalue weighted by Crippen LogP contribution is 2.37. The zero-order valence-electron chi connectivity index (χ0n) is 11.3. The van der Waals surface area contributed by atoms with Gasteiger partial charge >= 0.3 is 0 Å². The minimum Gasteiger partial charge on any atom is -0.303 e. The summed E-state index contributed by atoms with van der Waals surface area (Å²) in [7, 11) is 0. The molecule has 1 nitrogen and oxygen atoms in total. The molecule has 0 amide bonds. The molecule has 0 aromatic heterocycles. The predicted octanol–water partition coefficient (Wildman–Crippen LogP) is 3.93. The standard InChI is InChI=1S/C15H29N/c1-3-13(2)15-8-7-14(11-15)12-16-9-5-4-6-10-16/h13-15H,3-12H2,1-2H3. The van der Waals surface area contributed by atoms with Crippen LogP contribution in [0, 0.1) is 17.8 Å². The predicted molar refractivity (Wildman–Crippen MR) is 70.6 cm³/mol. The van der Waals surface area contributed by atoms with E-state index >= 15 is 0 Å². The number of hydrogen-bond acceptors (Lipinski definition) is 1. The minimum absolute atomic E-state index is 0.964. The Morgan fingerprint density at radius 2 is 1.88 bits per heavy atom. The summed E-state index contributed by atoms with van der Waals surface area (Å²) < 4.78 is 0. The molecule has 1 heteroatoms. The molecule has 0 aromatic rings. The Hall–Kier alpha value is -0.0400. The SMILES string of the molecule is CCC(C)C1CCC(CN2CCCCC2)C1. The van der Waals surface area contributed by atoms with E-state index < -0.39 is 0 Å². The lowest BCUT2D eigenvalue weighted by Crippen LogP contribution is -2.33. The Labute approximate surface area is 102 Å². The average Bonchev–Trinajstić information content (AvgIpc) is 2.78. The average molecular weight is 223 g/mol. The van der Waals surface area contributed by atoms with Crippen molar-refractivity contribution < 1.29 is 0 Å². The van der Waals surface area contributed by atoms with Gasteiger partial charge in [-0.25, -0.2) is 0 Å². The molecule has 1 heterocycles. The van der Waals surface area contributed by atoms with Gasteiger partial charge in [0.2, 0.25) is 0 Å². The van der Waals surface area contributed by atoms with Crippen LogP contribution in [0.2, 0.25) is 0 Å². The van der Waals surface area contributed by atoms with Gasteiger partial charge < -0.3 is 4.90 Å². The van der Waals surface area contributed by atoms with Gasteiger partial charge in [-0.3, -0.25) is 0 Å². The van der Waals surface area contributed by atoms with Gasteiger partial charge in [0.15, 0.2) is 0 Å². The van der Waals surface area contributed by atoms with Crippen molar-refractivity contribution in [3.05, 3.63) is 0 Å². The molecule has 0 spiro atoms. The Balaban J connectivity index is 1.71. The van der Waals surface area contributed by atoms with Gasteiger partial charge in [0.25, 0.3) is 0 Å². The van der Waals surface area contributed by atoms with Gasteiger partial charge in [0, 0.05) is 6.54 Å². The van der Waals surface area contributed by atoms with Crippen molar-refractivity contribution in [1.82, 2.24) is 4.90 Å². The van der Waals surface area contributed by atoms with Crippen LogP contribution in [0.1, 0.15) is 58.8 Å². The van der Waals surface area contributed by atoms with Crippen LogP contribution in [0.5, 0.6) is 0 Å². The topological polar surface area (TPSA) is 3.24 Å². The quantitative estimate of drug-likeness (QED) is 0.698. The van der Waals surface area contributed by atoms with Crippen molar-refractivity contribution in [1.29, 1.82) is 0 Å². The molecule has 2 rings (SSSR count). The highest BCUT2D eigenvalue weighted by Gasteiger charge is 2.29. The van der Waals surface area contributed by atoms with Gasteiger partial charge in [-0.1, -0.05) is 26.7 Å². The van der Waals surface area contributed by atoms with Gasteiger partial charge in [0.05, 0.1) is 0 Å². The van der Waals surface area contributed by atoms with Crippen molar-refractivity contribution in [2.75, 3.05) is 19.6 Å². The van der Waals surface area contributed by atoms with Gasteiger partial charge in [-0.15, -0.1) is 0 Å². The molecule has 1 saturated heterocycles. The fourth-order valence-electron chi connectivity index (χ4n) is 3.64. The molecule has 3 atom stereocenters. The fourth-order valence-corrected chi connectivity index (χ4v) is 3.64. The second-order valence-electron chi connectivity index (χ2n) is 6.19. The maximum Gasteiger partial charge on any atom is 0.000976 e. The van der Waals surface area contributed by atoms with Crippen LogP contribution in [-0.4, -0.2) is 24.5 Å². The summed E-state index contributed by atoms with van der Waals surface area (Å²) >= 11 is 0. The van der Waals surface area contributed by atoms with Gasteiger partial charge in [-0.05, 0) is 62.9 Å². The third kappa shape index (κ3) is 3.23. The van der Waals surface area contributed by atoms with Crippen LogP contribution in [0.15, 0.2) is 0 Å². The summed E-state index contributed by atoms with van der Waals surface area (Å²) in [5, 5.41) is 0. The molecule has 94 valence electrons. The second kappa shape index (κ2) is 6.05. The largest absolute Gasteiger partial charge is 0.303 e. The van der Waals surface area contributed by atoms with Gasteiger partial charge in [-0.2, -0.15) is 0 Å². The number of nitrogens with zero attached hydrogens (tertiary/aromatic N) is 1. The molecule has 0 radical (unpaired) electrons. The molecule has 0 N–H and O–H groups in total. The van der Waals surface area contributed by atoms with E-state index in [0.717, 1.165) is 17.8 Å². The molecule has 16 heavy (non-hydrogen) atoms. The summed E-state index contributed by atoms with van der Waals surface area (Å²) in [5.74, 6) is 3.03. The van der Waals surface area contributed by atoms with Crippen molar-refractivity contribution >= 4 is 0 Å². The van der Waals surface area contributed by atoms with Crippen LogP contribution in [-0.2, 0) is 0 Å². The Kier molecular flexibility index (Phi) is 4.69. The van der Waals surface area contributed by atoms with E-state index in [1.165, 1.54) is 64.6 Å². The van der Waals surface area contributed by atoms with E-state index in [2.05, 4.69) is 18.7 Å². The number of likely N-dealkylation sites (tertiary alicyclic amines) is 1. The highest BCUT2D eigenvalue weighted by atomic mass is 15.1. The number of hydrogen-bond donors (Lipinski definition) is 0. The van der Waals surface area contributed by atoms with E-state index in [1.807, 2.05) is 0 Å². The van der Waals surface area contributed by atoms with Crippen LogP contribution >= 0.6 is 0 Å². The summed E-state index contributed by atoms with van der Waals surface area (Å²) in [6, 6.07) is 0. The molecule has 1 aliphatic heterocycles. The number of piperidine rings is 1. The zero-order valence-corrected chi connectivity index (χ0v) is 11.3. The van der Waals surface area contributed by atoms with E-state index in [9.17, 15) is 0 Å². The summed E-state index contributed by atoms with van der Waals surface area (Å²) in [6.45, 7) is 8.97. The van der Waals surface area contributed by atoms with Crippen LogP contribution in [0.3, 0.4) is 0 Å². The minimum atomic E-state index is 0.964. The summed E-state index contributed by atoms with van der Waals surface area (Å²) in [6.07, 6.45) is 10.3. The molecular weight excluding hydrogens is 194 g/mol. The molecule has 0 aromatic carbocycles. The van der Waals surface area contributed by atoms with Gasteiger partial charge in [0.1, 0.15) is 0 Å². The molecular formula is C15H29N. The maximum atomic E-state index is 2.73. The van der Waals surface area contributed by atoms with Crippen LogP contribution in [0.25, 0.3) is 0 Å². The Bertz CT molecular complexity index is 196. The van der Waals surface area contributed by atoms with E-state index in [1.54, 1.807) is 0 Å². The fraction of sp³-hybridized carbons (Fsp3) is 1.00. The Morgan fingerprint density at radius 1 is 1.12 bits per heavy atom. The molecule has 2 fully saturated rings. The first-order chi connectivity index (χ1) is 7.79. The number of rotatable bonds is 4. The Morgan fingerprint density at radius 3 is 2.56 bits per heavy atom. The lowest BCUT2D eigenvalue weighted by atomic mass is 9.89. The van der Waals surface area contributed by atoms with Crippen molar-refractivity contribution in [3.63, 3.8) is 0 Å². The smallest absolute Gasteiger partial charge is 0.000976 e. The third-order valence-electron chi connectivity index (χ3n) is 5.00. The molecule has 1 saturated carbocycles. The third-order valence-corrected chi connectivity index (χ3v) is 5.00. The molecule has 3 unspecified atom stereocenters. The normalized spacial score (nSPS) is 34.1. The summed E-state index contributed by atoms with van der Waals surface area (Å²) in [4.78, 5) is 2.73. The summed E-state index contributed by atoms with van der Waals surface area (Å²) in [5.41, 5.74) is 0. The molecule has 0 bridgehead atoms. The van der Waals surface area contributed by atoms with Crippen LogP contribution in [0.4, 0.5) is 0 Å². The monoisotopic (exact) mass is 223 g/mol. The first-order valence-corrected chi connectivity index (χ1v) is 7.52. The molecule has 2 aliphatic rings. The second-order valence-corrected chi connectivity index (χ2v) is 6.19. The van der Waals surface area contributed by atoms with Crippen molar-refractivity contribution in [3.8, 4) is 0 Å². The van der Waals surface area contributed by atoms with E-state index in [4.69, 9.17) is 0 Å². The zero-order chi connectivity index (χ0) is 11.4. The van der Waals surface area contributed by atoms with Crippen molar-refractivity contribution in [2.24, 2.45) is 17.8 Å². The highest BCUT2D eigenvalue weighted by molar-refractivity contribution is 4.81. The van der Waals surface area contributed by atoms with E-state index in [0.29, 0.717) is 0 Å². The first-order valence-electron chi connectivity index (χ1n) is 7.52. The van der Waals surface area contributed by atoms with E-state index in [-0.39, 0.29) is 0 Å².